The minimum Gasteiger partial charge on any atom is -0.478 e. The van der Waals surface area contributed by atoms with E-state index in [4.69, 9.17) is 16.7 Å². The van der Waals surface area contributed by atoms with Gasteiger partial charge in [-0.25, -0.2) is 9.78 Å². The summed E-state index contributed by atoms with van der Waals surface area (Å²) in [5.41, 5.74) is 1.89. The normalized spacial score (nSPS) is 10.6. The number of benzene rings is 1. The number of aromatic carboxylic acids is 1. The van der Waals surface area contributed by atoms with Gasteiger partial charge < -0.3 is 5.11 Å². The van der Waals surface area contributed by atoms with Crippen LogP contribution in [0.1, 0.15) is 22.8 Å². The third kappa shape index (κ3) is 1.86. The van der Waals surface area contributed by atoms with Crippen LogP contribution in [-0.2, 0) is 6.42 Å². The van der Waals surface area contributed by atoms with Crippen LogP contribution in [0.5, 0.6) is 0 Å². The van der Waals surface area contributed by atoms with Crippen molar-refractivity contribution in [1.82, 2.24) is 4.98 Å². The lowest BCUT2D eigenvalue weighted by Crippen LogP contribution is -1.99. The van der Waals surface area contributed by atoms with Gasteiger partial charge in [0.05, 0.1) is 11.1 Å². The molecule has 16 heavy (non-hydrogen) atoms. The number of pyridine rings is 1. The van der Waals surface area contributed by atoms with Gasteiger partial charge in [0.25, 0.3) is 0 Å². The van der Waals surface area contributed by atoms with Gasteiger partial charge in [-0.2, -0.15) is 0 Å². The smallest absolute Gasteiger partial charge is 0.336 e. The van der Waals surface area contributed by atoms with Crippen LogP contribution >= 0.6 is 11.6 Å². The van der Waals surface area contributed by atoms with Crippen molar-refractivity contribution in [2.75, 3.05) is 0 Å². The average Bonchev–Trinajstić information content (AvgIpc) is 2.27. The zero-order valence-electron chi connectivity index (χ0n) is 8.70. The number of aromatic nitrogens is 1. The molecule has 1 aromatic heterocycles. The van der Waals surface area contributed by atoms with E-state index in [-0.39, 0.29) is 10.7 Å². The van der Waals surface area contributed by atoms with Gasteiger partial charge in [-0.1, -0.05) is 24.6 Å². The molecule has 0 saturated carbocycles. The molecule has 0 aliphatic rings. The van der Waals surface area contributed by atoms with Crippen LogP contribution in [0.2, 0.25) is 5.15 Å². The molecule has 2 rings (SSSR count). The summed E-state index contributed by atoms with van der Waals surface area (Å²) in [6.07, 6.45) is 0.859. The van der Waals surface area contributed by atoms with E-state index in [1.165, 1.54) is 6.07 Å². The SMILES string of the molecule is CCc1ccc2nc(Cl)cc(C(=O)O)c2c1. The summed E-state index contributed by atoms with van der Waals surface area (Å²) in [6.45, 7) is 2.02. The molecule has 2 aromatic rings. The Hall–Kier alpha value is -1.61. The Kier molecular flexibility index (Phi) is 2.79. The molecule has 0 aliphatic heterocycles. The molecule has 0 aliphatic carbocycles. The fourth-order valence-electron chi connectivity index (χ4n) is 1.64. The average molecular weight is 236 g/mol. The number of rotatable bonds is 2. The Labute approximate surface area is 97.7 Å². The molecule has 1 aromatic carbocycles. The van der Waals surface area contributed by atoms with Crippen LogP contribution in [0.15, 0.2) is 24.3 Å². The van der Waals surface area contributed by atoms with Gasteiger partial charge in [0.1, 0.15) is 5.15 Å². The quantitative estimate of drug-likeness (QED) is 0.814. The second kappa shape index (κ2) is 4.10. The largest absolute Gasteiger partial charge is 0.478 e. The maximum absolute atomic E-state index is 11.1. The summed E-state index contributed by atoms with van der Waals surface area (Å²) in [5.74, 6) is -0.984. The van der Waals surface area contributed by atoms with Crippen molar-refractivity contribution in [3.8, 4) is 0 Å². The number of nitrogens with zero attached hydrogens (tertiary/aromatic N) is 1. The number of aryl methyl sites for hydroxylation is 1. The highest BCUT2D eigenvalue weighted by Crippen LogP contribution is 2.22. The Morgan fingerprint density at radius 1 is 1.44 bits per heavy atom. The number of hydrogen-bond donors (Lipinski definition) is 1. The number of carbonyl (C=O) groups is 1. The maximum atomic E-state index is 11.1. The van der Waals surface area contributed by atoms with Crippen molar-refractivity contribution in [3.05, 3.63) is 40.5 Å². The van der Waals surface area contributed by atoms with Crippen LogP contribution in [0.3, 0.4) is 0 Å². The predicted octanol–water partition coefficient (Wildman–Crippen LogP) is 3.15. The van der Waals surface area contributed by atoms with Crippen LogP contribution < -0.4 is 0 Å². The first-order valence-corrected chi connectivity index (χ1v) is 5.32. The van der Waals surface area contributed by atoms with Gasteiger partial charge in [-0.05, 0) is 30.2 Å². The highest BCUT2D eigenvalue weighted by Gasteiger charge is 2.11. The molecule has 82 valence electrons. The first-order valence-electron chi connectivity index (χ1n) is 4.94. The predicted molar refractivity (Wildman–Crippen MR) is 63.1 cm³/mol. The maximum Gasteiger partial charge on any atom is 0.336 e. The third-order valence-corrected chi connectivity index (χ3v) is 2.67. The molecule has 4 heteroatoms. The van der Waals surface area contributed by atoms with Crippen molar-refractivity contribution < 1.29 is 9.90 Å². The Morgan fingerprint density at radius 3 is 2.81 bits per heavy atom. The van der Waals surface area contributed by atoms with Crippen LogP contribution in [0.25, 0.3) is 10.9 Å². The molecule has 0 amide bonds. The molecule has 0 radical (unpaired) electrons. The lowest BCUT2D eigenvalue weighted by atomic mass is 10.0. The second-order valence-electron chi connectivity index (χ2n) is 3.50. The molecule has 0 bridgehead atoms. The number of halogens is 1. The van der Waals surface area contributed by atoms with Gasteiger partial charge in [0.2, 0.25) is 0 Å². The molecule has 0 fully saturated rings. The zero-order chi connectivity index (χ0) is 11.7. The lowest BCUT2D eigenvalue weighted by Gasteiger charge is -2.05. The van der Waals surface area contributed by atoms with Crippen LogP contribution in [0, 0.1) is 0 Å². The third-order valence-electron chi connectivity index (χ3n) is 2.48. The first-order chi connectivity index (χ1) is 7.61. The number of hydrogen-bond acceptors (Lipinski definition) is 2. The first kappa shape index (κ1) is 10.9. The van der Waals surface area contributed by atoms with E-state index in [0.717, 1.165) is 12.0 Å². The highest BCUT2D eigenvalue weighted by atomic mass is 35.5. The summed E-state index contributed by atoms with van der Waals surface area (Å²) in [5, 5.41) is 9.92. The monoisotopic (exact) mass is 235 g/mol. The van der Waals surface area contributed by atoms with Crippen molar-refractivity contribution >= 4 is 28.5 Å². The van der Waals surface area contributed by atoms with Crippen molar-refractivity contribution in [2.24, 2.45) is 0 Å². The molecular weight excluding hydrogens is 226 g/mol. The van der Waals surface area contributed by atoms with E-state index in [2.05, 4.69) is 4.98 Å². The van der Waals surface area contributed by atoms with E-state index in [9.17, 15) is 4.79 Å². The molecule has 3 nitrogen and oxygen atoms in total. The summed E-state index contributed by atoms with van der Waals surface area (Å²) >= 11 is 5.77. The molecule has 0 spiro atoms. The fraction of sp³-hybridized carbons (Fsp3) is 0.167. The Balaban J connectivity index is 2.80. The molecule has 1 N–H and O–H groups in total. The zero-order valence-corrected chi connectivity index (χ0v) is 9.45. The Bertz CT molecular complexity index is 566. The standard InChI is InChI=1S/C12H10ClNO2/c1-2-7-3-4-10-8(5-7)9(12(15)16)6-11(13)14-10/h3-6H,2H2,1H3,(H,15,16). The lowest BCUT2D eigenvalue weighted by molar-refractivity contribution is 0.0699. The minimum absolute atomic E-state index is 0.199. The summed E-state index contributed by atoms with van der Waals surface area (Å²) in [4.78, 5) is 15.2. The van der Waals surface area contributed by atoms with E-state index in [0.29, 0.717) is 10.9 Å². The Morgan fingerprint density at radius 2 is 2.19 bits per heavy atom. The minimum atomic E-state index is -0.984. The van der Waals surface area contributed by atoms with E-state index in [1.54, 1.807) is 6.07 Å². The fourth-order valence-corrected chi connectivity index (χ4v) is 1.84. The van der Waals surface area contributed by atoms with Crippen LogP contribution in [0.4, 0.5) is 0 Å². The van der Waals surface area contributed by atoms with E-state index < -0.39 is 5.97 Å². The topological polar surface area (TPSA) is 50.2 Å². The van der Waals surface area contributed by atoms with Gasteiger partial charge in [0.15, 0.2) is 0 Å². The number of carboxylic acids is 1. The van der Waals surface area contributed by atoms with E-state index >= 15 is 0 Å². The highest BCUT2D eigenvalue weighted by molar-refractivity contribution is 6.30. The van der Waals surface area contributed by atoms with Crippen molar-refractivity contribution in [2.45, 2.75) is 13.3 Å². The van der Waals surface area contributed by atoms with Crippen molar-refractivity contribution in [3.63, 3.8) is 0 Å². The van der Waals surface area contributed by atoms with E-state index in [1.807, 2.05) is 19.1 Å². The van der Waals surface area contributed by atoms with Crippen LogP contribution in [-0.4, -0.2) is 16.1 Å². The molecule has 0 unspecified atom stereocenters. The summed E-state index contributed by atoms with van der Waals surface area (Å²) in [6, 6.07) is 6.96. The van der Waals surface area contributed by atoms with Gasteiger partial charge in [0, 0.05) is 5.39 Å². The van der Waals surface area contributed by atoms with Gasteiger partial charge in [-0.15, -0.1) is 0 Å². The summed E-state index contributed by atoms with van der Waals surface area (Å²) < 4.78 is 0. The summed E-state index contributed by atoms with van der Waals surface area (Å²) in [7, 11) is 0. The van der Waals surface area contributed by atoms with Crippen molar-refractivity contribution in [1.29, 1.82) is 0 Å². The van der Waals surface area contributed by atoms with Gasteiger partial charge in [-0.3, -0.25) is 0 Å². The van der Waals surface area contributed by atoms with Gasteiger partial charge >= 0.3 is 5.97 Å². The molecule has 1 heterocycles. The number of carboxylic acid groups (broad SMARTS) is 1. The molecule has 0 saturated heterocycles. The second-order valence-corrected chi connectivity index (χ2v) is 3.89. The molecular formula is C12H10ClNO2. The molecule has 0 atom stereocenters. The number of fused-ring (bicyclic) bond motifs is 1.